The summed E-state index contributed by atoms with van der Waals surface area (Å²) >= 11 is 0. The molecule has 0 aromatic carbocycles. The average molecular weight is 300 g/mol. The van der Waals surface area contributed by atoms with Crippen molar-refractivity contribution in [1.82, 2.24) is 10.2 Å². The fourth-order valence-electron chi connectivity index (χ4n) is 2.82. The van der Waals surface area contributed by atoms with E-state index in [9.17, 15) is 4.79 Å². The summed E-state index contributed by atoms with van der Waals surface area (Å²) in [5.41, 5.74) is -0.422. The Hall–Kier alpha value is -0.810. The molecule has 0 saturated carbocycles. The number of hydrogen-bond acceptors (Lipinski definition) is 4. The van der Waals surface area contributed by atoms with Gasteiger partial charge in [0.05, 0.1) is 0 Å². The van der Waals surface area contributed by atoms with Crippen molar-refractivity contribution in [1.29, 1.82) is 0 Å². The van der Waals surface area contributed by atoms with Crippen LogP contribution in [0.3, 0.4) is 0 Å². The first-order valence-electron chi connectivity index (χ1n) is 8.07. The van der Waals surface area contributed by atoms with E-state index in [0.717, 1.165) is 45.5 Å². The first kappa shape index (κ1) is 18.2. The van der Waals surface area contributed by atoms with Gasteiger partial charge in [-0.25, -0.2) is 4.79 Å². The third kappa shape index (κ3) is 6.66. The summed E-state index contributed by atoms with van der Waals surface area (Å²) in [7, 11) is 1.74. The normalized spacial score (nSPS) is 20.6. The Morgan fingerprint density at radius 1 is 1.43 bits per heavy atom. The predicted octanol–water partition coefficient (Wildman–Crippen LogP) is 2.65. The number of methoxy groups -OCH3 is 1. The molecule has 0 bridgehead atoms. The van der Waals surface area contributed by atoms with Crippen molar-refractivity contribution >= 4 is 6.09 Å². The van der Waals surface area contributed by atoms with Gasteiger partial charge in [-0.2, -0.15) is 0 Å². The van der Waals surface area contributed by atoms with E-state index < -0.39 is 5.60 Å². The van der Waals surface area contributed by atoms with Gasteiger partial charge in [0.25, 0.3) is 0 Å². The molecule has 0 radical (unpaired) electrons. The van der Waals surface area contributed by atoms with E-state index in [1.165, 1.54) is 0 Å². The Balaban J connectivity index is 2.47. The number of nitrogens with zero attached hydrogens (tertiary/aromatic N) is 1. The minimum atomic E-state index is -0.422. The molecule has 1 aliphatic heterocycles. The highest BCUT2D eigenvalue weighted by Gasteiger charge is 2.33. The molecule has 1 fully saturated rings. The lowest BCUT2D eigenvalue weighted by atomic mass is 9.95. The van der Waals surface area contributed by atoms with Gasteiger partial charge >= 0.3 is 6.09 Å². The largest absolute Gasteiger partial charge is 0.444 e. The van der Waals surface area contributed by atoms with Crippen molar-refractivity contribution in [3.63, 3.8) is 0 Å². The Morgan fingerprint density at radius 3 is 2.71 bits per heavy atom. The van der Waals surface area contributed by atoms with Crippen LogP contribution in [0, 0.1) is 5.92 Å². The number of amides is 1. The first-order valence-corrected chi connectivity index (χ1v) is 8.07. The average Bonchev–Trinajstić information content (AvgIpc) is 2.85. The smallest absolute Gasteiger partial charge is 0.410 e. The molecule has 1 rings (SSSR count). The fourth-order valence-corrected chi connectivity index (χ4v) is 2.82. The zero-order valence-electron chi connectivity index (χ0n) is 14.3. The van der Waals surface area contributed by atoms with Gasteiger partial charge in [-0.1, -0.05) is 6.92 Å². The number of carbonyl (C=O) groups excluding carboxylic acids is 1. The van der Waals surface area contributed by atoms with Crippen LogP contribution >= 0.6 is 0 Å². The van der Waals surface area contributed by atoms with Crippen LogP contribution < -0.4 is 5.32 Å². The van der Waals surface area contributed by atoms with Gasteiger partial charge in [0, 0.05) is 32.8 Å². The van der Waals surface area contributed by atoms with Crippen molar-refractivity contribution in [3.8, 4) is 0 Å². The maximum atomic E-state index is 12.1. The van der Waals surface area contributed by atoms with Crippen LogP contribution in [-0.2, 0) is 9.47 Å². The fraction of sp³-hybridized carbons (Fsp3) is 0.938. The summed E-state index contributed by atoms with van der Waals surface area (Å²) in [6.07, 6.45) is 3.01. The molecular formula is C16H32N2O3. The zero-order chi connectivity index (χ0) is 15.9. The minimum Gasteiger partial charge on any atom is -0.444 e. The lowest BCUT2D eigenvalue weighted by molar-refractivity contribution is 0.0285. The molecule has 1 N–H and O–H groups in total. The summed E-state index contributed by atoms with van der Waals surface area (Å²) < 4.78 is 10.6. The van der Waals surface area contributed by atoms with E-state index >= 15 is 0 Å². The molecule has 1 saturated heterocycles. The monoisotopic (exact) mass is 300 g/mol. The highest BCUT2D eigenvalue weighted by atomic mass is 16.6. The van der Waals surface area contributed by atoms with Crippen LogP contribution in [0.5, 0.6) is 0 Å². The van der Waals surface area contributed by atoms with Gasteiger partial charge in [0.15, 0.2) is 0 Å². The predicted molar refractivity (Wildman–Crippen MR) is 84.5 cm³/mol. The van der Waals surface area contributed by atoms with Crippen LogP contribution in [0.2, 0.25) is 0 Å². The Kier molecular flexibility index (Phi) is 7.46. The highest BCUT2D eigenvalue weighted by molar-refractivity contribution is 5.68. The lowest BCUT2D eigenvalue weighted by Gasteiger charge is -2.26. The second kappa shape index (κ2) is 8.59. The third-order valence-corrected chi connectivity index (χ3v) is 3.78. The summed E-state index contributed by atoms with van der Waals surface area (Å²) in [6.45, 7) is 11.2. The molecule has 0 aromatic rings. The summed E-state index contributed by atoms with van der Waals surface area (Å²) in [4.78, 5) is 14.0. The highest BCUT2D eigenvalue weighted by Crippen LogP contribution is 2.24. The van der Waals surface area contributed by atoms with Crippen LogP contribution in [0.25, 0.3) is 0 Å². The topological polar surface area (TPSA) is 50.8 Å². The molecule has 0 aromatic heterocycles. The van der Waals surface area contributed by atoms with Crippen molar-refractivity contribution in [3.05, 3.63) is 0 Å². The molecule has 0 aliphatic carbocycles. The summed E-state index contributed by atoms with van der Waals surface area (Å²) in [6, 6.07) is 0.456. The van der Waals surface area contributed by atoms with Crippen LogP contribution in [0.15, 0.2) is 0 Å². The van der Waals surface area contributed by atoms with Crippen LogP contribution in [0.1, 0.15) is 47.0 Å². The first-order chi connectivity index (χ1) is 9.87. The minimum absolute atomic E-state index is 0.183. The van der Waals surface area contributed by atoms with E-state index in [-0.39, 0.29) is 6.09 Å². The van der Waals surface area contributed by atoms with Crippen molar-refractivity contribution in [2.24, 2.45) is 5.92 Å². The maximum Gasteiger partial charge on any atom is 0.410 e. The quantitative estimate of drug-likeness (QED) is 0.734. The van der Waals surface area contributed by atoms with E-state index in [1.54, 1.807) is 7.11 Å². The standard InChI is InChI=1S/C16H32N2O3/c1-6-17-14(8-7-11-20-5)13-9-10-18(12-13)15(19)21-16(2,3)4/h13-14,17H,6-12H2,1-5H3. The Labute approximate surface area is 129 Å². The maximum absolute atomic E-state index is 12.1. The summed E-state index contributed by atoms with van der Waals surface area (Å²) in [5, 5.41) is 3.56. The number of hydrogen-bond donors (Lipinski definition) is 1. The molecule has 5 heteroatoms. The Morgan fingerprint density at radius 2 is 2.14 bits per heavy atom. The zero-order valence-corrected chi connectivity index (χ0v) is 14.3. The molecular weight excluding hydrogens is 268 g/mol. The van der Waals surface area contributed by atoms with Gasteiger partial charge < -0.3 is 19.7 Å². The number of nitrogens with one attached hydrogen (secondary N) is 1. The van der Waals surface area contributed by atoms with E-state index in [1.807, 2.05) is 25.7 Å². The van der Waals surface area contributed by atoms with Crippen LogP contribution in [0.4, 0.5) is 4.79 Å². The number of rotatable bonds is 7. The summed E-state index contributed by atoms with van der Waals surface area (Å²) in [5.74, 6) is 0.509. The van der Waals surface area contributed by atoms with E-state index in [4.69, 9.17) is 9.47 Å². The van der Waals surface area contributed by atoms with Gasteiger partial charge in [-0.15, -0.1) is 0 Å². The second-order valence-electron chi connectivity index (χ2n) is 6.77. The van der Waals surface area contributed by atoms with E-state index in [0.29, 0.717) is 12.0 Å². The molecule has 124 valence electrons. The molecule has 1 aliphatic rings. The van der Waals surface area contributed by atoms with Gasteiger partial charge in [0.1, 0.15) is 5.60 Å². The van der Waals surface area contributed by atoms with Gasteiger partial charge in [-0.3, -0.25) is 0 Å². The van der Waals surface area contributed by atoms with Crippen molar-refractivity contribution in [2.75, 3.05) is 33.4 Å². The van der Waals surface area contributed by atoms with Crippen molar-refractivity contribution < 1.29 is 14.3 Å². The third-order valence-electron chi connectivity index (χ3n) is 3.78. The molecule has 5 nitrogen and oxygen atoms in total. The molecule has 21 heavy (non-hydrogen) atoms. The molecule has 0 spiro atoms. The molecule has 2 atom stereocenters. The number of ether oxygens (including phenoxy) is 2. The number of likely N-dealkylation sites (tertiary alicyclic amines) is 1. The number of carbonyl (C=O) groups is 1. The SMILES string of the molecule is CCNC(CCCOC)C1CCN(C(=O)OC(C)(C)C)C1. The van der Waals surface area contributed by atoms with Crippen molar-refractivity contribution in [2.45, 2.75) is 58.6 Å². The lowest BCUT2D eigenvalue weighted by Crippen LogP contribution is -2.40. The second-order valence-corrected chi connectivity index (χ2v) is 6.77. The molecule has 2 unspecified atom stereocenters. The van der Waals surface area contributed by atoms with Crippen LogP contribution in [-0.4, -0.2) is 56.0 Å². The van der Waals surface area contributed by atoms with Gasteiger partial charge in [0.2, 0.25) is 0 Å². The van der Waals surface area contributed by atoms with Gasteiger partial charge in [-0.05, 0) is 52.5 Å². The molecule has 1 amide bonds. The van der Waals surface area contributed by atoms with E-state index in [2.05, 4.69) is 12.2 Å². The Bertz CT molecular complexity index is 315. The molecule has 1 heterocycles.